The molecule has 0 aliphatic carbocycles. The van der Waals surface area contributed by atoms with E-state index in [2.05, 4.69) is 40.5 Å². The first-order valence-electron chi connectivity index (χ1n) is 10.5. The van der Waals surface area contributed by atoms with Gasteiger partial charge in [-0.25, -0.2) is 0 Å². The van der Waals surface area contributed by atoms with Gasteiger partial charge >= 0.3 is 0 Å². The molecule has 0 spiro atoms. The third kappa shape index (κ3) is 3.34. The predicted molar refractivity (Wildman–Crippen MR) is 120 cm³/mol. The standard InChI is InChI=1S/C24H25N3O2S/c1-30-18-8-9-22-21(14-18)16(15-25-22)13-17-5-4-10-26(17)11-12-27-23(28)19-6-2-3-7-20(19)24(27)29/h2-3,6-9,14-15,17,25H,4-5,10-13H2,1H3/t17-/m1/s1. The van der Waals surface area contributed by atoms with Crippen molar-refractivity contribution in [3.05, 3.63) is 65.4 Å². The molecule has 2 aliphatic heterocycles. The van der Waals surface area contributed by atoms with Crippen LogP contribution in [0.3, 0.4) is 0 Å². The van der Waals surface area contributed by atoms with Gasteiger partial charge in [0.25, 0.3) is 11.8 Å². The van der Waals surface area contributed by atoms with Crippen LogP contribution in [0.2, 0.25) is 0 Å². The van der Waals surface area contributed by atoms with E-state index in [0.717, 1.165) is 32.4 Å². The van der Waals surface area contributed by atoms with Crippen molar-refractivity contribution in [3.63, 3.8) is 0 Å². The van der Waals surface area contributed by atoms with E-state index in [9.17, 15) is 9.59 Å². The number of aromatic nitrogens is 1. The van der Waals surface area contributed by atoms with E-state index in [1.807, 2.05) is 12.1 Å². The number of thioether (sulfide) groups is 1. The van der Waals surface area contributed by atoms with E-state index in [4.69, 9.17) is 0 Å². The zero-order valence-corrected chi connectivity index (χ0v) is 17.9. The summed E-state index contributed by atoms with van der Waals surface area (Å²) in [5, 5.41) is 1.30. The summed E-state index contributed by atoms with van der Waals surface area (Å²) < 4.78 is 0. The highest BCUT2D eigenvalue weighted by molar-refractivity contribution is 7.98. The third-order valence-corrected chi connectivity index (χ3v) is 7.14. The van der Waals surface area contributed by atoms with Crippen molar-refractivity contribution in [1.29, 1.82) is 0 Å². The van der Waals surface area contributed by atoms with E-state index >= 15 is 0 Å². The number of nitrogens with zero attached hydrogens (tertiary/aromatic N) is 2. The van der Waals surface area contributed by atoms with E-state index in [1.54, 1.807) is 23.9 Å². The monoisotopic (exact) mass is 419 g/mol. The Bertz CT molecular complexity index is 1090. The van der Waals surface area contributed by atoms with Gasteiger partial charge in [0.15, 0.2) is 0 Å². The molecule has 0 bridgehead atoms. The molecule has 6 heteroatoms. The van der Waals surface area contributed by atoms with Gasteiger partial charge in [-0.05, 0) is 68.0 Å². The number of aromatic amines is 1. The molecule has 5 rings (SSSR count). The van der Waals surface area contributed by atoms with E-state index in [1.165, 1.54) is 26.3 Å². The predicted octanol–water partition coefficient (Wildman–Crippen LogP) is 4.19. The summed E-state index contributed by atoms with van der Waals surface area (Å²) in [6.45, 7) is 2.20. The number of H-pyrrole nitrogens is 1. The molecule has 154 valence electrons. The molecule has 1 N–H and O–H groups in total. The second kappa shape index (κ2) is 7.93. The summed E-state index contributed by atoms with van der Waals surface area (Å²) in [7, 11) is 0. The lowest BCUT2D eigenvalue weighted by molar-refractivity contribution is 0.0633. The molecular weight excluding hydrogens is 394 g/mol. The van der Waals surface area contributed by atoms with E-state index in [0.29, 0.717) is 23.7 Å². The molecule has 0 unspecified atom stereocenters. The van der Waals surface area contributed by atoms with E-state index < -0.39 is 0 Å². The van der Waals surface area contributed by atoms with Crippen molar-refractivity contribution >= 4 is 34.5 Å². The number of benzene rings is 2. The average molecular weight is 420 g/mol. The summed E-state index contributed by atoms with van der Waals surface area (Å²) in [5.41, 5.74) is 3.59. The van der Waals surface area contributed by atoms with Crippen LogP contribution >= 0.6 is 11.8 Å². The molecule has 1 saturated heterocycles. The van der Waals surface area contributed by atoms with Gasteiger partial charge < -0.3 is 4.98 Å². The number of fused-ring (bicyclic) bond motifs is 2. The van der Waals surface area contributed by atoms with Gasteiger partial charge in [-0.1, -0.05) is 12.1 Å². The molecule has 30 heavy (non-hydrogen) atoms. The van der Waals surface area contributed by atoms with Gasteiger partial charge in [-0.2, -0.15) is 0 Å². The fourth-order valence-corrected chi connectivity index (χ4v) is 5.24. The maximum absolute atomic E-state index is 12.6. The van der Waals surface area contributed by atoms with Crippen molar-refractivity contribution in [2.75, 3.05) is 25.9 Å². The fraction of sp³-hybridized carbons (Fsp3) is 0.333. The molecule has 1 atom stereocenters. The van der Waals surface area contributed by atoms with Crippen LogP contribution in [-0.4, -0.2) is 58.5 Å². The minimum Gasteiger partial charge on any atom is -0.361 e. The van der Waals surface area contributed by atoms with Crippen molar-refractivity contribution in [3.8, 4) is 0 Å². The summed E-state index contributed by atoms with van der Waals surface area (Å²) in [4.78, 5) is 33.8. The minimum atomic E-state index is -0.160. The molecule has 0 saturated carbocycles. The van der Waals surface area contributed by atoms with Crippen molar-refractivity contribution in [2.45, 2.75) is 30.2 Å². The van der Waals surface area contributed by atoms with Gasteiger partial charge in [0.05, 0.1) is 11.1 Å². The second-order valence-corrected chi connectivity index (χ2v) is 8.95. The Morgan fingerprint density at radius 1 is 1.07 bits per heavy atom. The molecule has 3 heterocycles. The molecule has 5 nitrogen and oxygen atoms in total. The Kier molecular flexibility index (Phi) is 5.13. The number of hydrogen-bond donors (Lipinski definition) is 1. The van der Waals surface area contributed by atoms with Crippen molar-refractivity contribution < 1.29 is 9.59 Å². The average Bonchev–Trinajstić information content (AvgIpc) is 3.45. The third-order valence-electron chi connectivity index (χ3n) is 6.42. The Labute approximate surface area is 180 Å². The SMILES string of the molecule is CSc1ccc2[nH]cc(C[C@H]3CCCN3CCN3C(=O)c4ccccc4C3=O)c2c1. The van der Waals surface area contributed by atoms with Gasteiger partial charge in [0.1, 0.15) is 0 Å². The van der Waals surface area contributed by atoms with Crippen LogP contribution in [-0.2, 0) is 6.42 Å². The minimum absolute atomic E-state index is 0.160. The highest BCUT2D eigenvalue weighted by atomic mass is 32.2. The lowest BCUT2D eigenvalue weighted by Gasteiger charge is -2.26. The van der Waals surface area contributed by atoms with E-state index in [-0.39, 0.29) is 11.8 Å². The van der Waals surface area contributed by atoms with Gasteiger partial charge in [-0.15, -0.1) is 11.8 Å². The van der Waals surface area contributed by atoms with Gasteiger partial charge in [0.2, 0.25) is 0 Å². The van der Waals surface area contributed by atoms with Crippen LogP contribution in [0.25, 0.3) is 10.9 Å². The number of hydrogen-bond acceptors (Lipinski definition) is 4. The summed E-state index contributed by atoms with van der Waals surface area (Å²) in [6, 6.07) is 14.1. The van der Waals surface area contributed by atoms with Crippen LogP contribution in [0.15, 0.2) is 53.6 Å². The van der Waals surface area contributed by atoms with Gasteiger partial charge in [0, 0.05) is 41.1 Å². The number of carbonyl (C=O) groups excluding carboxylic acids is 2. The number of likely N-dealkylation sites (tertiary alicyclic amines) is 1. The van der Waals surface area contributed by atoms with Crippen LogP contribution in [0.4, 0.5) is 0 Å². The fourth-order valence-electron chi connectivity index (χ4n) is 4.80. The topological polar surface area (TPSA) is 56.4 Å². The van der Waals surface area contributed by atoms with Crippen LogP contribution in [0, 0.1) is 0 Å². The number of imide groups is 1. The maximum atomic E-state index is 12.6. The molecule has 2 aliphatic rings. The Hall–Kier alpha value is -2.57. The quantitative estimate of drug-likeness (QED) is 0.481. The summed E-state index contributed by atoms with van der Waals surface area (Å²) >= 11 is 1.76. The van der Waals surface area contributed by atoms with Crippen LogP contribution < -0.4 is 0 Å². The molecule has 2 amide bonds. The Balaban J connectivity index is 1.28. The first-order valence-corrected chi connectivity index (χ1v) is 11.7. The zero-order chi connectivity index (χ0) is 20.7. The normalized spacial score (nSPS) is 19.2. The summed E-state index contributed by atoms with van der Waals surface area (Å²) in [6.07, 6.45) is 7.53. The first-order chi connectivity index (χ1) is 14.7. The summed E-state index contributed by atoms with van der Waals surface area (Å²) in [5.74, 6) is -0.319. The van der Waals surface area contributed by atoms with Crippen LogP contribution in [0.1, 0.15) is 39.1 Å². The zero-order valence-electron chi connectivity index (χ0n) is 17.1. The molecular formula is C24H25N3O2S. The lowest BCUT2D eigenvalue weighted by atomic mass is 10.0. The number of carbonyl (C=O) groups is 2. The highest BCUT2D eigenvalue weighted by Gasteiger charge is 2.36. The molecule has 2 aromatic carbocycles. The largest absolute Gasteiger partial charge is 0.361 e. The molecule has 1 fully saturated rings. The lowest BCUT2D eigenvalue weighted by Crippen LogP contribution is -2.40. The highest BCUT2D eigenvalue weighted by Crippen LogP contribution is 2.29. The number of nitrogens with one attached hydrogen (secondary N) is 1. The number of amides is 2. The number of rotatable bonds is 6. The van der Waals surface area contributed by atoms with Crippen LogP contribution in [0.5, 0.6) is 0 Å². The smallest absolute Gasteiger partial charge is 0.261 e. The van der Waals surface area contributed by atoms with Crippen molar-refractivity contribution in [1.82, 2.24) is 14.8 Å². The molecule has 0 radical (unpaired) electrons. The molecule has 3 aromatic rings. The second-order valence-electron chi connectivity index (χ2n) is 8.07. The Morgan fingerprint density at radius 2 is 1.83 bits per heavy atom. The maximum Gasteiger partial charge on any atom is 0.261 e. The first kappa shape index (κ1) is 19.4. The van der Waals surface area contributed by atoms with Gasteiger partial charge in [-0.3, -0.25) is 19.4 Å². The van der Waals surface area contributed by atoms with Crippen molar-refractivity contribution in [2.24, 2.45) is 0 Å². The molecule has 1 aromatic heterocycles. The Morgan fingerprint density at radius 3 is 2.57 bits per heavy atom.